The number of carbonyl (C=O) groups excluding carboxylic acids is 1. The Kier molecular flexibility index (Phi) is 2.52. The third-order valence-electron chi connectivity index (χ3n) is 5.05. The summed E-state index contributed by atoms with van der Waals surface area (Å²) < 4.78 is 11.4. The van der Waals surface area contributed by atoms with Gasteiger partial charge in [0.05, 0.1) is 6.10 Å². The van der Waals surface area contributed by atoms with Gasteiger partial charge in [-0.15, -0.1) is 0 Å². The number of hydrogen-bond acceptors (Lipinski definition) is 4. The molecule has 0 radical (unpaired) electrons. The Balaban J connectivity index is 1.46. The lowest BCUT2D eigenvalue weighted by Gasteiger charge is -2.52. The zero-order valence-electron chi connectivity index (χ0n) is 11.9. The fourth-order valence-electron chi connectivity index (χ4n) is 3.74. The van der Waals surface area contributed by atoms with Crippen LogP contribution in [0.3, 0.4) is 0 Å². The summed E-state index contributed by atoms with van der Waals surface area (Å²) in [6.07, 6.45) is 3.55. The highest BCUT2D eigenvalue weighted by molar-refractivity contribution is 5.87. The van der Waals surface area contributed by atoms with Crippen LogP contribution in [0.25, 0.3) is 0 Å². The fraction of sp³-hybridized carbons (Fsp3) is 0.733. The molecular weight excluding hydrogens is 256 g/mol. The first-order chi connectivity index (χ1) is 9.57. The Labute approximate surface area is 118 Å². The van der Waals surface area contributed by atoms with Crippen molar-refractivity contribution < 1.29 is 14.3 Å². The molecule has 0 amide bonds. The minimum Gasteiger partial charge on any atom is -0.457 e. The van der Waals surface area contributed by atoms with Crippen LogP contribution < -0.4 is 0 Å². The van der Waals surface area contributed by atoms with Crippen LogP contribution in [0, 0.1) is 11.3 Å². The van der Waals surface area contributed by atoms with Crippen LogP contribution in [0.5, 0.6) is 0 Å². The zero-order chi connectivity index (χ0) is 13.9. The average molecular weight is 276 g/mol. The summed E-state index contributed by atoms with van der Waals surface area (Å²) in [5.74, 6) is 0.615. The molecule has 2 saturated carbocycles. The standard InChI is InChI=1S/C15H20N2O3/c1-15(2)12-9(5-6-19-12)13(15)20-14(18)11-7-10(16-17-11)8-3-4-8/h7-9,12-13H,3-6H2,1-2H3,(H,16,17)/t9-,12-,13+/m1/s1. The smallest absolute Gasteiger partial charge is 0.359 e. The Morgan fingerprint density at radius 1 is 1.45 bits per heavy atom. The summed E-state index contributed by atoms with van der Waals surface area (Å²) in [4.78, 5) is 12.2. The van der Waals surface area contributed by atoms with Crippen LogP contribution in [0.1, 0.15) is 55.2 Å². The van der Waals surface area contributed by atoms with E-state index in [-0.39, 0.29) is 23.6 Å². The van der Waals surface area contributed by atoms with Gasteiger partial charge < -0.3 is 9.47 Å². The van der Waals surface area contributed by atoms with E-state index < -0.39 is 0 Å². The number of aromatic nitrogens is 2. The van der Waals surface area contributed by atoms with Gasteiger partial charge in [0, 0.05) is 29.6 Å². The second-order valence-corrected chi connectivity index (χ2v) is 6.87. The molecule has 4 rings (SSSR count). The Hall–Kier alpha value is -1.36. The lowest BCUT2D eigenvalue weighted by molar-refractivity contribution is -0.183. The maximum Gasteiger partial charge on any atom is 0.359 e. The van der Waals surface area contributed by atoms with E-state index in [0.29, 0.717) is 17.5 Å². The number of hydrogen-bond donors (Lipinski definition) is 1. The highest BCUT2D eigenvalue weighted by atomic mass is 16.6. The largest absolute Gasteiger partial charge is 0.457 e. The fourth-order valence-corrected chi connectivity index (χ4v) is 3.74. The summed E-state index contributed by atoms with van der Waals surface area (Å²) in [6, 6.07) is 1.84. The van der Waals surface area contributed by atoms with Gasteiger partial charge in [0.15, 0.2) is 5.69 Å². The monoisotopic (exact) mass is 276 g/mol. The number of carbonyl (C=O) groups is 1. The van der Waals surface area contributed by atoms with Gasteiger partial charge in [-0.25, -0.2) is 4.79 Å². The van der Waals surface area contributed by atoms with E-state index in [9.17, 15) is 4.79 Å². The van der Waals surface area contributed by atoms with Crippen molar-refractivity contribution in [2.75, 3.05) is 6.61 Å². The van der Waals surface area contributed by atoms with Gasteiger partial charge in [0.2, 0.25) is 0 Å². The third-order valence-corrected chi connectivity index (χ3v) is 5.05. The summed E-state index contributed by atoms with van der Waals surface area (Å²) in [5, 5.41) is 7.04. The predicted molar refractivity (Wildman–Crippen MR) is 71.4 cm³/mol. The zero-order valence-corrected chi connectivity index (χ0v) is 11.9. The molecular formula is C15H20N2O3. The van der Waals surface area contributed by atoms with E-state index >= 15 is 0 Å². The van der Waals surface area contributed by atoms with Crippen molar-refractivity contribution in [3.8, 4) is 0 Å². The molecule has 2 aliphatic carbocycles. The minimum atomic E-state index is -0.309. The van der Waals surface area contributed by atoms with Crippen LogP contribution in [0.4, 0.5) is 0 Å². The topological polar surface area (TPSA) is 64.2 Å². The van der Waals surface area contributed by atoms with E-state index in [0.717, 1.165) is 18.7 Å². The van der Waals surface area contributed by atoms with Crippen molar-refractivity contribution >= 4 is 5.97 Å². The number of H-pyrrole nitrogens is 1. The number of rotatable bonds is 3. The molecule has 2 heterocycles. The summed E-state index contributed by atoms with van der Waals surface area (Å²) >= 11 is 0. The van der Waals surface area contributed by atoms with Gasteiger partial charge in [-0.2, -0.15) is 5.10 Å². The first-order valence-electron chi connectivity index (χ1n) is 7.45. The number of nitrogens with one attached hydrogen (secondary N) is 1. The van der Waals surface area contributed by atoms with Crippen molar-refractivity contribution in [2.24, 2.45) is 11.3 Å². The molecule has 0 unspecified atom stereocenters. The predicted octanol–water partition coefficient (Wildman–Crippen LogP) is 2.26. The van der Waals surface area contributed by atoms with E-state index in [1.165, 1.54) is 12.8 Å². The number of aromatic amines is 1. The number of nitrogens with zero attached hydrogens (tertiary/aromatic N) is 1. The van der Waals surface area contributed by atoms with Gasteiger partial charge in [-0.05, 0) is 25.3 Å². The van der Waals surface area contributed by atoms with Crippen LogP contribution in [0.2, 0.25) is 0 Å². The van der Waals surface area contributed by atoms with Gasteiger partial charge in [-0.3, -0.25) is 5.10 Å². The Morgan fingerprint density at radius 2 is 2.25 bits per heavy atom. The lowest BCUT2D eigenvalue weighted by atomic mass is 9.59. The van der Waals surface area contributed by atoms with Gasteiger partial charge in [-0.1, -0.05) is 13.8 Å². The van der Waals surface area contributed by atoms with E-state index in [1.807, 2.05) is 6.07 Å². The normalized spacial score (nSPS) is 34.4. The second kappa shape index (κ2) is 4.07. The molecule has 5 heteroatoms. The van der Waals surface area contributed by atoms with Gasteiger partial charge >= 0.3 is 5.97 Å². The van der Waals surface area contributed by atoms with E-state index in [2.05, 4.69) is 24.0 Å². The number of fused-ring (bicyclic) bond motifs is 1. The molecule has 1 aromatic heterocycles. The third kappa shape index (κ3) is 1.72. The lowest BCUT2D eigenvalue weighted by Crippen LogP contribution is -2.61. The van der Waals surface area contributed by atoms with Gasteiger partial charge in [0.25, 0.3) is 0 Å². The molecule has 3 fully saturated rings. The van der Waals surface area contributed by atoms with Gasteiger partial charge in [0.1, 0.15) is 6.10 Å². The molecule has 5 nitrogen and oxygen atoms in total. The highest BCUT2D eigenvalue weighted by Gasteiger charge is 2.61. The Morgan fingerprint density at radius 3 is 3.00 bits per heavy atom. The molecule has 1 aromatic rings. The van der Waals surface area contributed by atoms with Crippen LogP contribution >= 0.6 is 0 Å². The van der Waals surface area contributed by atoms with Crippen molar-refractivity contribution in [2.45, 2.75) is 51.2 Å². The first-order valence-corrected chi connectivity index (χ1v) is 7.45. The number of ether oxygens (including phenoxy) is 2. The van der Waals surface area contributed by atoms with E-state index in [1.54, 1.807) is 0 Å². The van der Waals surface area contributed by atoms with Crippen LogP contribution in [-0.4, -0.2) is 35.0 Å². The maximum atomic E-state index is 12.2. The summed E-state index contributed by atoms with van der Waals surface area (Å²) in [7, 11) is 0. The molecule has 108 valence electrons. The molecule has 1 N–H and O–H groups in total. The van der Waals surface area contributed by atoms with Crippen molar-refractivity contribution in [3.05, 3.63) is 17.5 Å². The molecule has 3 aliphatic rings. The average Bonchev–Trinajstić information content (AvgIpc) is 2.99. The molecule has 0 spiro atoms. The second-order valence-electron chi connectivity index (χ2n) is 6.87. The maximum absolute atomic E-state index is 12.2. The number of esters is 1. The molecule has 1 saturated heterocycles. The minimum absolute atomic E-state index is 0.0522. The Bertz CT molecular complexity index is 547. The van der Waals surface area contributed by atoms with E-state index in [4.69, 9.17) is 9.47 Å². The van der Waals surface area contributed by atoms with Crippen molar-refractivity contribution in [1.29, 1.82) is 0 Å². The van der Waals surface area contributed by atoms with Crippen molar-refractivity contribution in [3.63, 3.8) is 0 Å². The van der Waals surface area contributed by atoms with Crippen LogP contribution in [-0.2, 0) is 9.47 Å². The van der Waals surface area contributed by atoms with Crippen LogP contribution in [0.15, 0.2) is 6.07 Å². The molecule has 0 bridgehead atoms. The molecule has 20 heavy (non-hydrogen) atoms. The first kappa shape index (κ1) is 12.4. The summed E-state index contributed by atoms with van der Waals surface area (Å²) in [6.45, 7) is 5.00. The quantitative estimate of drug-likeness (QED) is 0.860. The molecule has 3 atom stereocenters. The van der Waals surface area contributed by atoms with Crippen molar-refractivity contribution in [1.82, 2.24) is 10.2 Å². The summed E-state index contributed by atoms with van der Waals surface area (Å²) in [5.41, 5.74) is 1.38. The molecule has 0 aromatic carbocycles. The highest BCUT2D eigenvalue weighted by Crippen LogP contribution is 2.53. The molecule has 1 aliphatic heterocycles. The SMILES string of the molecule is CC1(C)[C@@H]2OCC[C@H]2[C@@H]1OC(=O)c1cc(C2CC2)[nH]n1.